The van der Waals surface area contributed by atoms with Crippen LogP contribution < -0.4 is 5.32 Å². The van der Waals surface area contributed by atoms with Crippen molar-refractivity contribution in [2.24, 2.45) is 0 Å². The molecule has 4 rings (SSSR count). The van der Waals surface area contributed by atoms with Gasteiger partial charge in [-0.3, -0.25) is 4.98 Å². The van der Waals surface area contributed by atoms with Gasteiger partial charge in [-0.2, -0.15) is 13.2 Å². The highest BCUT2D eigenvalue weighted by Gasteiger charge is 2.30. The zero-order valence-corrected chi connectivity index (χ0v) is 16.8. The maximum absolute atomic E-state index is 12.7. The highest BCUT2D eigenvalue weighted by molar-refractivity contribution is 6.33. The first-order valence-corrected chi connectivity index (χ1v) is 9.50. The van der Waals surface area contributed by atoms with Crippen molar-refractivity contribution in [1.82, 2.24) is 24.9 Å². The molecule has 0 aliphatic rings. The number of aliphatic hydroxyl groups is 2. The number of hydrogen-bond donors (Lipinski definition) is 3. The highest BCUT2D eigenvalue weighted by Crippen LogP contribution is 2.31. The van der Waals surface area contributed by atoms with E-state index in [0.29, 0.717) is 27.9 Å². The number of hydrogen-bond acceptors (Lipinski definition) is 8. The Labute approximate surface area is 183 Å². The Hall–Kier alpha value is -3.41. The SMILES string of the molecule is OCC(O)c1cnc(-c2cnc3c(Nc4ccc(C(F)(F)F)cn4)ncnc3c2)c(Cl)c1. The number of rotatable bonds is 5. The van der Waals surface area contributed by atoms with Crippen molar-refractivity contribution in [3.05, 3.63) is 65.3 Å². The van der Waals surface area contributed by atoms with Gasteiger partial charge in [0, 0.05) is 29.7 Å². The lowest BCUT2D eigenvalue weighted by atomic mass is 10.1. The number of pyridine rings is 3. The summed E-state index contributed by atoms with van der Waals surface area (Å²) < 4.78 is 38.1. The fourth-order valence-electron chi connectivity index (χ4n) is 2.87. The van der Waals surface area contributed by atoms with Crippen molar-refractivity contribution in [2.45, 2.75) is 12.3 Å². The minimum Gasteiger partial charge on any atom is -0.393 e. The molecule has 0 fully saturated rings. The number of anilines is 2. The average molecular weight is 463 g/mol. The number of nitrogens with one attached hydrogen (secondary N) is 1. The smallest absolute Gasteiger partial charge is 0.393 e. The minimum absolute atomic E-state index is 0.159. The molecule has 0 spiro atoms. The minimum atomic E-state index is -4.48. The zero-order chi connectivity index (χ0) is 22.9. The van der Waals surface area contributed by atoms with E-state index in [2.05, 4.69) is 30.2 Å². The molecule has 8 nitrogen and oxygen atoms in total. The summed E-state index contributed by atoms with van der Waals surface area (Å²) in [5.74, 6) is 0.417. The maximum atomic E-state index is 12.7. The van der Waals surface area contributed by atoms with Crippen LogP contribution in [0.2, 0.25) is 5.02 Å². The van der Waals surface area contributed by atoms with Gasteiger partial charge in [-0.25, -0.2) is 19.9 Å². The quantitative estimate of drug-likeness (QED) is 0.408. The second kappa shape index (κ2) is 8.61. The third kappa shape index (κ3) is 4.44. The van der Waals surface area contributed by atoms with Crippen molar-refractivity contribution >= 4 is 34.3 Å². The summed E-state index contributed by atoms with van der Waals surface area (Å²) in [7, 11) is 0. The molecule has 0 saturated heterocycles. The number of aromatic nitrogens is 5. The normalized spacial score (nSPS) is 12.7. The van der Waals surface area contributed by atoms with Crippen LogP contribution in [-0.2, 0) is 6.18 Å². The first kappa shape index (κ1) is 21.8. The highest BCUT2D eigenvalue weighted by atomic mass is 35.5. The number of alkyl halides is 3. The summed E-state index contributed by atoms with van der Waals surface area (Å²) in [4.78, 5) is 20.6. The molecule has 0 bridgehead atoms. The summed E-state index contributed by atoms with van der Waals surface area (Å²) in [5, 5.41) is 21.9. The van der Waals surface area contributed by atoms with Gasteiger partial charge in [-0.1, -0.05) is 11.6 Å². The summed E-state index contributed by atoms with van der Waals surface area (Å²) in [6.07, 6.45) is -0.681. The van der Waals surface area contributed by atoms with Crippen LogP contribution >= 0.6 is 11.6 Å². The van der Waals surface area contributed by atoms with E-state index in [1.807, 2.05) is 0 Å². The third-order valence-corrected chi connectivity index (χ3v) is 4.79. The number of halogens is 4. The van der Waals surface area contributed by atoms with Gasteiger partial charge in [0.25, 0.3) is 0 Å². The Morgan fingerprint density at radius 1 is 1.00 bits per heavy atom. The lowest BCUT2D eigenvalue weighted by molar-refractivity contribution is -0.137. The van der Waals surface area contributed by atoms with Gasteiger partial charge in [0.1, 0.15) is 23.8 Å². The fraction of sp³-hybridized carbons (Fsp3) is 0.150. The van der Waals surface area contributed by atoms with E-state index in [1.54, 1.807) is 6.07 Å². The lowest BCUT2D eigenvalue weighted by Crippen LogP contribution is -2.06. The van der Waals surface area contributed by atoms with E-state index < -0.39 is 24.5 Å². The molecule has 0 aliphatic heterocycles. The molecule has 3 N–H and O–H groups in total. The molecule has 0 amide bonds. The summed E-state index contributed by atoms with van der Waals surface area (Å²) in [5.41, 5.74) is 1.25. The van der Waals surface area contributed by atoms with Crippen LogP contribution in [0.1, 0.15) is 17.2 Å². The van der Waals surface area contributed by atoms with Gasteiger partial charge < -0.3 is 15.5 Å². The second-order valence-corrected chi connectivity index (χ2v) is 7.07. The van der Waals surface area contributed by atoms with E-state index in [-0.39, 0.29) is 16.7 Å². The van der Waals surface area contributed by atoms with E-state index in [4.69, 9.17) is 16.7 Å². The fourth-order valence-corrected chi connectivity index (χ4v) is 3.16. The molecule has 164 valence electrons. The summed E-state index contributed by atoms with van der Waals surface area (Å²) >= 11 is 6.28. The van der Waals surface area contributed by atoms with Crippen LogP contribution in [-0.4, -0.2) is 41.7 Å². The third-order valence-electron chi connectivity index (χ3n) is 4.51. The van der Waals surface area contributed by atoms with Crippen molar-refractivity contribution < 1.29 is 23.4 Å². The molecule has 0 aromatic carbocycles. The van der Waals surface area contributed by atoms with Crippen molar-refractivity contribution in [3.8, 4) is 11.3 Å². The molecule has 1 unspecified atom stereocenters. The van der Waals surface area contributed by atoms with Crippen molar-refractivity contribution in [3.63, 3.8) is 0 Å². The molecule has 1 atom stereocenters. The Morgan fingerprint density at radius 2 is 1.81 bits per heavy atom. The Bertz CT molecular complexity index is 1270. The number of fused-ring (bicyclic) bond motifs is 1. The topological polar surface area (TPSA) is 117 Å². The summed E-state index contributed by atoms with van der Waals surface area (Å²) in [6.45, 7) is -0.463. The Balaban J connectivity index is 1.64. The molecule has 4 heterocycles. The average Bonchev–Trinajstić information content (AvgIpc) is 2.78. The molecule has 0 saturated carbocycles. The van der Waals surface area contributed by atoms with E-state index in [9.17, 15) is 18.3 Å². The molecule has 4 aromatic rings. The van der Waals surface area contributed by atoms with Crippen LogP contribution in [0, 0.1) is 0 Å². The molecular weight excluding hydrogens is 449 g/mol. The second-order valence-electron chi connectivity index (χ2n) is 6.67. The first-order chi connectivity index (χ1) is 15.3. The molecule has 0 aliphatic carbocycles. The van der Waals surface area contributed by atoms with Crippen LogP contribution in [0.15, 0.2) is 49.2 Å². The van der Waals surface area contributed by atoms with Crippen LogP contribution in [0.3, 0.4) is 0 Å². The van der Waals surface area contributed by atoms with E-state index >= 15 is 0 Å². The number of nitrogens with zero attached hydrogens (tertiary/aromatic N) is 5. The summed E-state index contributed by atoms with van der Waals surface area (Å²) in [6, 6.07) is 5.27. The lowest BCUT2D eigenvalue weighted by Gasteiger charge is -2.11. The van der Waals surface area contributed by atoms with Gasteiger partial charge in [-0.05, 0) is 24.3 Å². The zero-order valence-electron chi connectivity index (χ0n) is 16.0. The van der Waals surface area contributed by atoms with Crippen molar-refractivity contribution in [2.75, 3.05) is 11.9 Å². The van der Waals surface area contributed by atoms with Crippen molar-refractivity contribution in [1.29, 1.82) is 0 Å². The van der Waals surface area contributed by atoms with Crippen LogP contribution in [0.5, 0.6) is 0 Å². The molecule has 12 heteroatoms. The predicted molar refractivity (Wildman–Crippen MR) is 110 cm³/mol. The molecular formula is C20H14ClF3N6O2. The van der Waals surface area contributed by atoms with Crippen LogP contribution in [0.4, 0.5) is 24.8 Å². The van der Waals surface area contributed by atoms with Gasteiger partial charge in [0.15, 0.2) is 5.82 Å². The molecule has 4 aromatic heterocycles. The van der Waals surface area contributed by atoms with Gasteiger partial charge >= 0.3 is 6.18 Å². The standard InChI is InChI=1S/C20H14ClF3N6O2/c21-13-3-10(15(32)8-31)5-26-17(13)11-4-14-18(27-6-11)19(29-9-28-14)30-16-2-1-12(7-25-16)20(22,23)24/h1-7,9,15,31-32H,8H2,(H,25,28,29,30). The largest absolute Gasteiger partial charge is 0.417 e. The van der Waals surface area contributed by atoms with Gasteiger partial charge in [-0.15, -0.1) is 0 Å². The first-order valence-electron chi connectivity index (χ1n) is 9.12. The predicted octanol–water partition coefficient (Wildman–Crippen LogP) is 3.92. The monoisotopic (exact) mass is 462 g/mol. The Morgan fingerprint density at radius 3 is 2.47 bits per heavy atom. The van der Waals surface area contributed by atoms with E-state index in [0.717, 1.165) is 12.3 Å². The van der Waals surface area contributed by atoms with Gasteiger partial charge in [0.2, 0.25) is 0 Å². The van der Waals surface area contributed by atoms with E-state index in [1.165, 1.54) is 30.9 Å². The molecule has 32 heavy (non-hydrogen) atoms. The van der Waals surface area contributed by atoms with Crippen LogP contribution in [0.25, 0.3) is 22.3 Å². The molecule has 0 radical (unpaired) electrons. The Kier molecular flexibility index (Phi) is 5.87. The number of aliphatic hydroxyl groups excluding tert-OH is 2. The maximum Gasteiger partial charge on any atom is 0.417 e. The van der Waals surface area contributed by atoms with Gasteiger partial charge in [0.05, 0.1) is 28.4 Å².